The van der Waals surface area contributed by atoms with Crippen LogP contribution in [0.5, 0.6) is 0 Å². The quantitative estimate of drug-likeness (QED) is 0.356. The molecule has 28 heavy (non-hydrogen) atoms. The third-order valence-electron chi connectivity index (χ3n) is 4.32. The lowest BCUT2D eigenvalue weighted by molar-refractivity contribution is 0.465. The van der Waals surface area contributed by atoms with E-state index in [4.69, 9.17) is 9.40 Å². The van der Waals surface area contributed by atoms with Gasteiger partial charge < -0.3 is 4.42 Å². The van der Waals surface area contributed by atoms with Gasteiger partial charge in [0.15, 0.2) is 0 Å². The van der Waals surface area contributed by atoms with Gasteiger partial charge in [-0.15, -0.1) is 21.5 Å². The van der Waals surface area contributed by atoms with E-state index in [1.165, 1.54) is 17.3 Å². The van der Waals surface area contributed by atoms with Crippen LogP contribution in [-0.4, -0.2) is 15.2 Å². The van der Waals surface area contributed by atoms with Crippen molar-refractivity contribution in [2.75, 3.05) is 0 Å². The van der Waals surface area contributed by atoms with Gasteiger partial charge in [0, 0.05) is 22.3 Å². The van der Waals surface area contributed by atoms with Crippen LogP contribution >= 0.6 is 23.1 Å². The van der Waals surface area contributed by atoms with Crippen molar-refractivity contribution in [2.24, 2.45) is 0 Å². The number of hydrogen-bond donors (Lipinski definition) is 0. The minimum absolute atomic E-state index is 0.126. The summed E-state index contributed by atoms with van der Waals surface area (Å²) in [7, 11) is 0. The molecule has 0 fully saturated rings. The number of nitrogens with zero attached hydrogens (tertiary/aromatic N) is 3. The van der Waals surface area contributed by atoms with E-state index >= 15 is 0 Å². The van der Waals surface area contributed by atoms with Crippen LogP contribution in [0.4, 0.5) is 0 Å². The topological polar surface area (TPSA) is 51.8 Å². The molecule has 2 heterocycles. The van der Waals surface area contributed by atoms with Gasteiger partial charge >= 0.3 is 0 Å². The van der Waals surface area contributed by atoms with E-state index in [9.17, 15) is 0 Å². The summed E-state index contributed by atoms with van der Waals surface area (Å²) in [5, 5.41) is 12.0. The first-order chi connectivity index (χ1) is 13.5. The number of hydrogen-bond acceptors (Lipinski definition) is 6. The Morgan fingerprint density at radius 1 is 0.929 bits per heavy atom. The number of thiazole rings is 1. The molecule has 0 saturated heterocycles. The molecule has 0 aliphatic heterocycles. The van der Waals surface area contributed by atoms with Crippen molar-refractivity contribution in [3.8, 4) is 22.0 Å². The van der Waals surface area contributed by atoms with Crippen molar-refractivity contribution in [1.29, 1.82) is 0 Å². The van der Waals surface area contributed by atoms with Gasteiger partial charge in [0.2, 0.25) is 5.89 Å². The van der Waals surface area contributed by atoms with E-state index in [0.717, 1.165) is 21.8 Å². The lowest BCUT2D eigenvalue weighted by Gasteiger charge is -2.18. The summed E-state index contributed by atoms with van der Waals surface area (Å²) in [5.74, 6) is 1.25. The van der Waals surface area contributed by atoms with Gasteiger partial charge in [-0.2, -0.15) is 0 Å². The molecule has 0 aliphatic rings. The molecule has 0 radical (unpaired) electrons. The monoisotopic (exact) mass is 407 g/mol. The van der Waals surface area contributed by atoms with Crippen LogP contribution in [-0.2, 0) is 11.2 Å². The molecule has 0 N–H and O–H groups in total. The van der Waals surface area contributed by atoms with Gasteiger partial charge in [-0.05, 0) is 23.1 Å². The normalized spacial score (nSPS) is 11.7. The smallest absolute Gasteiger partial charge is 0.277 e. The molecule has 4 rings (SSSR count). The highest BCUT2D eigenvalue weighted by Gasteiger charge is 2.15. The van der Waals surface area contributed by atoms with Crippen LogP contribution in [0.2, 0.25) is 0 Å². The van der Waals surface area contributed by atoms with Crippen molar-refractivity contribution < 1.29 is 4.42 Å². The Kier molecular flexibility index (Phi) is 5.33. The number of thioether (sulfide) groups is 1. The second-order valence-electron chi connectivity index (χ2n) is 7.50. The maximum Gasteiger partial charge on any atom is 0.277 e. The molecule has 0 spiro atoms. The Bertz CT molecular complexity index is 1050. The number of rotatable bonds is 5. The molecule has 0 unspecified atom stereocenters. The van der Waals surface area contributed by atoms with Gasteiger partial charge in [0.25, 0.3) is 5.22 Å². The number of benzene rings is 2. The minimum atomic E-state index is 0.126. The van der Waals surface area contributed by atoms with Crippen molar-refractivity contribution in [1.82, 2.24) is 15.2 Å². The first-order valence-electron chi connectivity index (χ1n) is 9.06. The second kappa shape index (κ2) is 7.89. The molecule has 6 heteroatoms. The molecule has 0 bridgehead atoms. The molecule has 142 valence electrons. The summed E-state index contributed by atoms with van der Waals surface area (Å²) in [4.78, 5) is 4.70. The van der Waals surface area contributed by atoms with Crippen molar-refractivity contribution in [2.45, 2.75) is 37.2 Å². The van der Waals surface area contributed by atoms with E-state index in [0.29, 0.717) is 16.9 Å². The predicted molar refractivity (Wildman–Crippen MR) is 116 cm³/mol. The SMILES string of the molecule is CC(C)(C)c1ccc(-c2nnc(SCc3csc(-c4ccccc4)n3)o2)cc1. The van der Waals surface area contributed by atoms with E-state index < -0.39 is 0 Å². The van der Waals surface area contributed by atoms with Crippen molar-refractivity contribution >= 4 is 23.1 Å². The minimum Gasteiger partial charge on any atom is -0.411 e. The third-order valence-corrected chi connectivity index (χ3v) is 6.11. The lowest BCUT2D eigenvalue weighted by atomic mass is 9.87. The van der Waals surface area contributed by atoms with E-state index in [2.05, 4.69) is 60.6 Å². The van der Waals surface area contributed by atoms with E-state index in [1.807, 2.05) is 30.3 Å². The zero-order valence-electron chi connectivity index (χ0n) is 16.0. The second-order valence-corrected chi connectivity index (χ2v) is 9.28. The van der Waals surface area contributed by atoms with Crippen molar-refractivity contribution in [3.05, 3.63) is 71.2 Å². The van der Waals surface area contributed by atoms with Gasteiger partial charge in [-0.1, -0.05) is 75.0 Å². The Morgan fingerprint density at radius 2 is 1.68 bits per heavy atom. The van der Waals surface area contributed by atoms with Crippen LogP contribution in [0.15, 0.2) is 69.6 Å². The fraction of sp³-hybridized carbons (Fsp3) is 0.227. The molecule has 4 nitrogen and oxygen atoms in total. The van der Waals surface area contributed by atoms with Crippen LogP contribution in [0.25, 0.3) is 22.0 Å². The van der Waals surface area contributed by atoms with E-state index in [1.54, 1.807) is 11.3 Å². The zero-order valence-corrected chi connectivity index (χ0v) is 17.7. The fourth-order valence-corrected chi connectivity index (χ4v) is 4.31. The highest BCUT2D eigenvalue weighted by molar-refractivity contribution is 7.98. The molecule has 0 aliphatic carbocycles. The molecule has 0 amide bonds. The lowest BCUT2D eigenvalue weighted by Crippen LogP contribution is -2.10. The average molecular weight is 408 g/mol. The summed E-state index contributed by atoms with van der Waals surface area (Å²) in [6.07, 6.45) is 0. The summed E-state index contributed by atoms with van der Waals surface area (Å²) in [6.45, 7) is 6.60. The maximum absolute atomic E-state index is 5.82. The van der Waals surface area contributed by atoms with Crippen LogP contribution in [0, 0.1) is 0 Å². The number of aromatic nitrogens is 3. The van der Waals surface area contributed by atoms with Crippen LogP contribution in [0.3, 0.4) is 0 Å². The fourth-order valence-electron chi connectivity index (χ4n) is 2.72. The Labute approximate surface area is 173 Å². The third kappa shape index (κ3) is 4.34. The molecular weight excluding hydrogens is 386 g/mol. The molecule has 0 atom stereocenters. The van der Waals surface area contributed by atoms with Gasteiger partial charge in [0.1, 0.15) is 5.01 Å². The predicted octanol–water partition coefficient (Wildman–Crippen LogP) is 6.45. The Morgan fingerprint density at radius 3 is 2.39 bits per heavy atom. The van der Waals surface area contributed by atoms with Gasteiger partial charge in [-0.3, -0.25) is 0 Å². The summed E-state index contributed by atoms with van der Waals surface area (Å²) >= 11 is 3.16. The maximum atomic E-state index is 5.82. The Hall–Kier alpha value is -2.44. The largest absolute Gasteiger partial charge is 0.411 e. The highest BCUT2D eigenvalue weighted by atomic mass is 32.2. The summed E-state index contributed by atoms with van der Waals surface area (Å²) in [5.41, 5.74) is 4.50. The van der Waals surface area contributed by atoms with E-state index in [-0.39, 0.29) is 5.41 Å². The van der Waals surface area contributed by atoms with Crippen LogP contribution < -0.4 is 0 Å². The van der Waals surface area contributed by atoms with Crippen molar-refractivity contribution in [3.63, 3.8) is 0 Å². The average Bonchev–Trinajstić information content (AvgIpc) is 3.36. The molecule has 2 aromatic heterocycles. The van der Waals surface area contributed by atoms with Gasteiger partial charge in [0.05, 0.1) is 5.69 Å². The summed E-state index contributed by atoms with van der Waals surface area (Å²) < 4.78 is 5.82. The Balaban J connectivity index is 1.41. The molecule has 2 aromatic carbocycles. The summed E-state index contributed by atoms with van der Waals surface area (Å²) in [6, 6.07) is 18.5. The van der Waals surface area contributed by atoms with Crippen LogP contribution in [0.1, 0.15) is 32.0 Å². The first-order valence-corrected chi connectivity index (χ1v) is 10.9. The molecule has 0 saturated carbocycles. The first kappa shape index (κ1) is 18.9. The highest BCUT2D eigenvalue weighted by Crippen LogP contribution is 2.30. The van der Waals surface area contributed by atoms with Gasteiger partial charge in [-0.25, -0.2) is 4.98 Å². The molecular formula is C22H21N3OS2. The molecule has 4 aromatic rings. The standard InChI is InChI=1S/C22H21N3OS2/c1-22(2,3)17-11-9-15(10-12-17)19-24-25-21(26-19)28-14-18-13-27-20(23-18)16-7-5-4-6-8-16/h4-13H,14H2,1-3H3. The zero-order chi connectivity index (χ0) is 19.6.